The molecule has 3 aliphatic rings. The van der Waals surface area contributed by atoms with Gasteiger partial charge in [-0.1, -0.05) is 6.92 Å². The fraction of sp³-hybridized carbons (Fsp3) is 0.360. The average Bonchev–Trinajstić information content (AvgIpc) is 2.78. The van der Waals surface area contributed by atoms with E-state index >= 15 is 0 Å². The second kappa shape index (κ2) is 8.50. The third-order valence-corrected chi connectivity index (χ3v) is 6.82. The van der Waals surface area contributed by atoms with Gasteiger partial charge in [0.05, 0.1) is 24.0 Å². The molecule has 4 heterocycles. The van der Waals surface area contributed by atoms with Crippen LogP contribution in [0.4, 0.5) is 8.78 Å². The molecule has 2 aromatic heterocycles. The van der Waals surface area contributed by atoms with Crippen molar-refractivity contribution in [1.82, 2.24) is 19.9 Å². The van der Waals surface area contributed by atoms with Gasteiger partial charge >= 0.3 is 0 Å². The molecule has 2 aliphatic heterocycles. The van der Waals surface area contributed by atoms with E-state index in [0.717, 1.165) is 25.2 Å². The van der Waals surface area contributed by atoms with Crippen LogP contribution in [-0.4, -0.2) is 44.4 Å². The van der Waals surface area contributed by atoms with E-state index in [9.17, 15) is 13.6 Å². The summed E-state index contributed by atoms with van der Waals surface area (Å²) in [6.45, 7) is 4.27. The molecule has 2 saturated heterocycles. The van der Waals surface area contributed by atoms with E-state index in [1.54, 1.807) is 24.3 Å². The highest BCUT2D eigenvalue weighted by molar-refractivity contribution is 5.98. The van der Waals surface area contributed by atoms with Crippen LogP contribution in [0.15, 0.2) is 48.8 Å². The highest BCUT2D eigenvalue weighted by atomic mass is 19.1. The standard InChI is InChI=1S/C25H24F2N4O2/c1-14-3-8-21(24-28-11-18(27)12-29-24)23(30-14)25(32)31-19-9-16(10-19)15(2)22(31)13-33-20-6-4-17(26)5-7-20/h3-8,11-12,15-16,19,22H,9-10,13H2,1-2H3. The summed E-state index contributed by atoms with van der Waals surface area (Å²) < 4.78 is 32.6. The van der Waals surface area contributed by atoms with Crippen LogP contribution in [0.3, 0.4) is 0 Å². The number of rotatable bonds is 5. The Morgan fingerprint density at radius 2 is 1.76 bits per heavy atom. The maximum absolute atomic E-state index is 13.9. The van der Waals surface area contributed by atoms with E-state index in [1.807, 2.05) is 11.8 Å². The first-order chi connectivity index (χ1) is 15.9. The molecule has 0 N–H and O–H groups in total. The number of amides is 1. The van der Waals surface area contributed by atoms with Crippen LogP contribution in [0.25, 0.3) is 11.4 Å². The summed E-state index contributed by atoms with van der Waals surface area (Å²) in [5, 5.41) is 0. The van der Waals surface area contributed by atoms with Crippen LogP contribution in [0, 0.1) is 30.4 Å². The number of carbonyl (C=O) groups excluding carboxylic acids is 1. The van der Waals surface area contributed by atoms with E-state index < -0.39 is 5.82 Å². The SMILES string of the molecule is Cc1ccc(-c2ncc(F)cn2)c(C(=O)N2C3CC(C3)C(C)C2COc2ccc(F)cc2)n1. The van der Waals surface area contributed by atoms with Crippen molar-refractivity contribution in [2.45, 2.75) is 38.8 Å². The number of nitrogens with zero attached hydrogens (tertiary/aromatic N) is 4. The first kappa shape index (κ1) is 21.4. The Morgan fingerprint density at radius 3 is 2.45 bits per heavy atom. The Balaban J connectivity index is 1.46. The van der Waals surface area contributed by atoms with Gasteiger partial charge in [-0.15, -0.1) is 0 Å². The normalized spacial score (nSPS) is 23.7. The zero-order valence-electron chi connectivity index (χ0n) is 18.4. The molecule has 6 rings (SSSR count). The van der Waals surface area contributed by atoms with Crippen LogP contribution in [0.5, 0.6) is 5.75 Å². The molecule has 2 atom stereocenters. The van der Waals surface area contributed by atoms with Gasteiger partial charge in [-0.05, 0) is 68.0 Å². The summed E-state index contributed by atoms with van der Waals surface area (Å²) in [5.41, 5.74) is 1.42. The fourth-order valence-electron chi connectivity index (χ4n) is 4.86. The lowest BCUT2D eigenvalue weighted by Gasteiger charge is -2.57. The van der Waals surface area contributed by atoms with E-state index in [1.165, 1.54) is 12.1 Å². The van der Waals surface area contributed by atoms with Gasteiger partial charge in [-0.2, -0.15) is 0 Å². The van der Waals surface area contributed by atoms with Gasteiger partial charge in [0.1, 0.15) is 23.9 Å². The van der Waals surface area contributed by atoms with Crippen molar-refractivity contribution in [1.29, 1.82) is 0 Å². The minimum Gasteiger partial charge on any atom is -0.491 e. The third kappa shape index (κ3) is 4.05. The molecule has 8 heteroatoms. The first-order valence-electron chi connectivity index (χ1n) is 11.1. The van der Waals surface area contributed by atoms with Crippen molar-refractivity contribution in [3.8, 4) is 17.1 Å². The van der Waals surface area contributed by atoms with Gasteiger partial charge in [0.15, 0.2) is 11.6 Å². The number of fused-ring (bicyclic) bond motifs is 2. The minimum atomic E-state index is -0.546. The van der Waals surface area contributed by atoms with Gasteiger partial charge in [0.25, 0.3) is 5.91 Å². The lowest BCUT2D eigenvalue weighted by molar-refractivity contribution is -0.0672. The summed E-state index contributed by atoms with van der Waals surface area (Å²) in [5.74, 6) is 0.528. The molecule has 33 heavy (non-hydrogen) atoms. The molecule has 2 bridgehead atoms. The molecule has 1 amide bonds. The zero-order chi connectivity index (χ0) is 23.1. The molecular weight excluding hydrogens is 426 g/mol. The highest BCUT2D eigenvalue weighted by Gasteiger charge is 2.51. The number of hydrogen-bond donors (Lipinski definition) is 0. The zero-order valence-corrected chi connectivity index (χ0v) is 18.4. The van der Waals surface area contributed by atoms with Crippen LogP contribution in [0.2, 0.25) is 0 Å². The van der Waals surface area contributed by atoms with Crippen molar-refractivity contribution >= 4 is 5.91 Å². The number of piperidine rings is 2. The minimum absolute atomic E-state index is 0.116. The van der Waals surface area contributed by atoms with Crippen LogP contribution >= 0.6 is 0 Å². The van der Waals surface area contributed by atoms with Gasteiger partial charge in [-0.25, -0.2) is 23.7 Å². The molecular formula is C25H24F2N4O2. The fourth-order valence-corrected chi connectivity index (χ4v) is 4.86. The van der Waals surface area contributed by atoms with Crippen molar-refractivity contribution < 1.29 is 18.3 Å². The summed E-state index contributed by atoms with van der Waals surface area (Å²) in [6.07, 6.45) is 4.06. The van der Waals surface area contributed by atoms with E-state index in [-0.39, 0.29) is 41.2 Å². The lowest BCUT2D eigenvalue weighted by atomic mass is 9.64. The van der Waals surface area contributed by atoms with Crippen molar-refractivity contribution in [2.24, 2.45) is 11.8 Å². The molecule has 1 saturated carbocycles. The molecule has 0 spiro atoms. The van der Waals surface area contributed by atoms with Crippen LogP contribution in [0.1, 0.15) is 35.9 Å². The van der Waals surface area contributed by atoms with Crippen molar-refractivity contribution in [3.63, 3.8) is 0 Å². The van der Waals surface area contributed by atoms with Gasteiger partial charge in [0.2, 0.25) is 0 Å². The summed E-state index contributed by atoms with van der Waals surface area (Å²) in [7, 11) is 0. The predicted molar refractivity (Wildman–Crippen MR) is 117 cm³/mol. The van der Waals surface area contributed by atoms with Gasteiger partial charge in [-0.3, -0.25) is 4.79 Å². The molecule has 1 aromatic carbocycles. The molecule has 170 valence electrons. The number of benzene rings is 1. The summed E-state index contributed by atoms with van der Waals surface area (Å²) in [6, 6.07) is 9.38. The number of hydrogen-bond acceptors (Lipinski definition) is 5. The number of aryl methyl sites for hydroxylation is 1. The average molecular weight is 450 g/mol. The van der Waals surface area contributed by atoms with E-state index in [0.29, 0.717) is 29.5 Å². The summed E-state index contributed by atoms with van der Waals surface area (Å²) in [4.78, 5) is 28.4. The third-order valence-electron chi connectivity index (χ3n) is 6.82. The molecule has 3 fully saturated rings. The second-order valence-electron chi connectivity index (χ2n) is 8.86. The lowest BCUT2D eigenvalue weighted by Crippen LogP contribution is -2.64. The molecule has 3 aromatic rings. The predicted octanol–water partition coefficient (Wildman–Crippen LogP) is 4.44. The topological polar surface area (TPSA) is 68.2 Å². The van der Waals surface area contributed by atoms with E-state index in [2.05, 4.69) is 21.9 Å². The largest absolute Gasteiger partial charge is 0.491 e. The number of ether oxygens (including phenoxy) is 1. The maximum Gasteiger partial charge on any atom is 0.273 e. The molecule has 2 unspecified atom stereocenters. The number of carbonyl (C=O) groups is 1. The Morgan fingerprint density at radius 1 is 1.06 bits per heavy atom. The van der Waals surface area contributed by atoms with Crippen LogP contribution < -0.4 is 4.74 Å². The first-order valence-corrected chi connectivity index (χ1v) is 11.1. The Hall–Kier alpha value is -3.42. The molecule has 6 nitrogen and oxygen atoms in total. The quantitative estimate of drug-likeness (QED) is 0.575. The van der Waals surface area contributed by atoms with Crippen molar-refractivity contribution in [3.05, 3.63) is 71.8 Å². The van der Waals surface area contributed by atoms with Crippen LogP contribution in [-0.2, 0) is 0 Å². The monoisotopic (exact) mass is 450 g/mol. The number of aromatic nitrogens is 3. The molecule has 1 aliphatic carbocycles. The van der Waals surface area contributed by atoms with Crippen molar-refractivity contribution in [2.75, 3.05) is 6.61 Å². The number of pyridine rings is 1. The number of halogens is 2. The van der Waals surface area contributed by atoms with Gasteiger partial charge in [0, 0.05) is 11.7 Å². The van der Waals surface area contributed by atoms with Gasteiger partial charge < -0.3 is 9.64 Å². The highest BCUT2D eigenvalue weighted by Crippen LogP contribution is 2.47. The maximum atomic E-state index is 13.9. The summed E-state index contributed by atoms with van der Waals surface area (Å²) >= 11 is 0. The second-order valence-corrected chi connectivity index (χ2v) is 8.86. The molecule has 0 radical (unpaired) electrons. The Labute approximate surface area is 190 Å². The Bertz CT molecular complexity index is 1160. The Kier molecular flexibility index (Phi) is 5.52. The smallest absolute Gasteiger partial charge is 0.273 e. The van der Waals surface area contributed by atoms with E-state index in [4.69, 9.17) is 4.74 Å².